The number of carbonyl (C=O) groups is 1. The molecule has 122 valence electrons. The highest BCUT2D eigenvalue weighted by atomic mass is 16.5. The van der Waals surface area contributed by atoms with Crippen molar-refractivity contribution in [3.05, 3.63) is 66.1 Å². The molecule has 1 N–H and O–H groups in total. The summed E-state index contributed by atoms with van der Waals surface area (Å²) < 4.78 is 10.5. The van der Waals surface area contributed by atoms with Gasteiger partial charge in [-0.1, -0.05) is 17.3 Å². The van der Waals surface area contributed by atoms with E-state index in [1.54, 1.807) is 25.6 Å². The van der Waals surface area contributed by atoms with Crippen LogP contribution in [0.1, 0.15) is 11.3 Å². The van der Waals surface area contributed by atoms with E-state index in [9.17, 15) is 4.79 Å². The van der Waals surface area contributed by atoms with E-state index >= 15 is 0 Å². The van der Waals surface area contributed by atoms with Gasteiger partial charge in [-0.3, -0.25) is 9.78 Å². The smallest absolute Gasteiger partial charge is 0.226 e. The van der Waals surface area contributed by atoms with Gasteiger partial charge in [0.2, 0.25) is 5.91 Å². The van der Waals surface area contributed by atoms with E-state index in [0.29, 0.717) is 18.0 Å². The molecule has 24 heavy (non-hydrogen) atoms. The van der Waals surface area contributed by atoms with Crippen LogP contribution in [0, 0.1) is 0 Å². The molecule has 0 spiro atoms. The maximum Gasteiger partial charge on any atom is 0.226 e. The molecule has 0 atom stereocenters. The number of aromatic nitrogens is 2. The standard InChI is InChI=1S/C18H17N3O3/c1-23-16-4-2-3-14(9-16)17-10-15(21-24-17)11-18(22)20-12-13-5-7-19-8-6-13/h2-10H,11-12H2,1H3,(H,20,22). The van der Waals surface area contributed by atoms with Crippen LogP contribution in [-0.2, 0) is 17.8 Å². The van der Waals surface area contributed by atoms with Gasteiger partial charge >= 0.3 is 0 Å². The molecular formula is C18H17N3O3. The van der Waals surface area contributed by atoms with E-state index in [1.165, 1.54) is 0 Å². The first-order valence-electron chi connectivity index (χ1n) is 7.50. The summed E-state index contributed by atoms with van der Waals surface area (Å²) in [6, 6.07) is 13.0. The first-order chi connectivity index (χ1) is 11.7. The van der Waals surface area contributed by atoms with Crippen LogP contribution in [0.5, 0.6) is 5.75 Å². The second-order valence-electron chi connectivity index (χ2n) is 5.22. The minimum atomic E-state index is -0.114. The first-order valence-corrected chi connectivity index (χ1v) is 7.50. The maximum atomic E-state index is 12.0. The largest absolute Gasteiger partial charge is 0.497 e. The molecule has 6 nitrogen and oxygen atoms in total. The van der Waals surface area contributed by atoms with Crippen molar-refractivity contribution < 1.29 is 14.1 Å². The normalized spacial score (nSPS) is 10.4. The van der Waals surface area contributed by atoms with E-state index in [0.717, 1.165) is 16.9 Å². The van der Waals surface area contributed by atoms with Gasteiger partial charge in [0.05, 0.1) is 19.2 Å². The average molecular weight is 323 g/mol. The van der Waals surface area contributed by atoms with Gasteiger partial charge in [-0.15, -0.1) is 0 Å². The number of amides is 1. The highest BCUT2D eigenvalue weighted by Gasteiger charge is 2.11. The molecule has 0 fully saturated rings. The Kier molecular flexibility index (Phi) is 4.86. The number of methoxy groups -OCH3 is 1. The Hall–Kier alpha value is -3.15. The summed E-state index contributed by atoms with van der Waals surface area (Å²) in [5.41, 5.74) is 2.43. The molecule has 0 unspecified atom stereocenters. The summed E-state index contributed by atoms with van der Waals surface area (Å²) >= 11 is 0. The lowest BCUT2D eigenvalue weighted by Gasteiger charge is -2.03. The maximum absolute atomic E-state index is 12.0. The Bertz CT molecular complexity index is 815. The van der Waals surface area contributed by atoms with Gasteiger partial charge in [0.1, 0.15) is 5.75 Å². The van der Waals surface area contributed by atoms with Crippen molar-refractivity contribution in [1.29, 1.82) is 0 Å². The molecule has 0 aliphatic rings. The monoisotopic (exact) mass is 323 g/mol. The lowest BCUT2D eigenvalue weighted by Crippen LogP contribution is -2.24. The summed E-state index contributed by atoms with van der Waals surface area (Å²) in [4.78, 5) is 15.9. The van der Waals surface area contributed by atoms with Crippen molar-refractivity contribution >= 4 is 5.91 Å². The Balaban J connectivity index is 1.60. The second-order valence-corrected chi connectivity index (χ2v) is 5.22. The van der Waals surface area contributed by atoms with Crippen LogP contribution >= 0.6 is 0 Å². The van der Waals surface area contributed by atoms with Crippen LogP contribution in [0.4, 0.5) is 0 Å². The number of ether oxygens (including phenoxy) is 1. The molecule has 6 heteroatoms. The van der Waals surface area contributed by atoms with Crippen LogP contribution in [0.3, 0.4) is 0 Å². The number of carbonyl (C=O) groups excluding carboxylic acids is 1. The van der Waals surface area contributed by atoms with Crippen molar-refractivity contribution in [2.24, 2.45) is 0 Å². The third kappa shape index (κ3) is 3.98. The van der Waals surface area contributed by atoms with E-state index in [4.69, 9.17) is 9.26 Å². The van der Waals surface area contributed by atoms with Crippen LogP contribution in [0.15, 0.2) is 59.4 Å². The molecule has 0 radical (unpaired) electrons. The van der Waals surface area contributed by atoms with Gasteiger partial charge in [-0.2, -0.15) is 0 Å². The van der Waals surface area contributed by atoms with Gasteiger partial charge in [0.15, 0.2) is 5.76 Å². The minimum Gasteiger partial charge on any atom is -0.497 e. The molecule has 3 aromatic rings. The average Bonchev–Trinajstić information content (AvgIpc) is 3.09. The molecule has 2 aromatic heterocycles. The number of hydrogen-bond acceptors (Lipinski definition) is 5. The molecule has 1 amide bonds. The zero-order valence-corrected chi connectivity index (χ0v) is 13.2. The topological polar surface area (TPSA) is 77.2 Å². The van der Waals surface area contributed by atoms with Crippen LogP contribution < -0.4 is 10.1 Å². The van der Waals surface area contributed by atoms with Crippen molar-refractivity contribution in [2.75, 3.05) is 7.11 Å². The predicted octanol–water partition coefficient (Wildman–Crippen LogP) is 2.60. The third-order valence-corrected chi connectivity index (χ3v) is 3.49. The van der Waals surface area contributed by atoms with Crippen LogP contribution in [0.25, 0.3) is 11.3 Å². The molecule has 0 bridgehead atoms. The Morgan fingerprint density at radius 1 is 1.21 bits per heavy atom. The molecule has 0 saturated heterocycles. The summed E-state index contributed by atoms with van der Waals surface area (Å²) in [6.45, 7) is 0.460. The zero-order chi connectivity index (χ0) is 16.8. The molecule has 0 aliphatic carbocycles. The number of rotatable bonds is 6. The van der Waals surface area contributed by atoms with E-state index in [-0.39, 0.29) is 12.3 Å². The summed E-state index contributed by atoms with van der Waals surface area (Å²) in [7, 11) is 1.61. The first kappa shape index (κ1) is 15.7. The molecule has 2 heterocycles. The molecular weight excluding hydrogens is 306 g/mol. The SMILES string of the molecule is COc1cccc(-c2cc(CC(=O)NCc3ccncc3)no2)c1. The van der Waals surface area contributed by atoms with Crippen LogP contribution in [0.2, 0.25) is 0 Å². The summed E-state index contributed by atoms with van der Waals surface area (Å²) in [6.07, 6.45) is 3.55. The lowest BCUT2D eigenvalue weighted by atomic mass is 10.1. The lowest BCUT2D eigenvalue weighted by molar-refractivity contribution is -0.120. The van der Waals surface area contributed by atoms with Gasteiger partial charge in [-0.25, -0.2) is 0 Å². The van der Waals surface area contributed by atoms with Crippen molar-refractivity contribution in [1.82, 2.24) is 15.5 Å². The van der Waals surface area contributed by atoms with E-state index in [1.807, 2.05) is 36.4 Å². The van der Waals surface area contributed by atoms with E-state index < -0.39 is 0 Å². The number of hydrogen-bond donors (Lipinski definition) is 1. The highest BCUT2D eigenvalue weighted by Crippen LogP contribution is 2.24. The van der Waals surface area contributed by atoms with E-state index in [2.05, 4.69) is 15.5 Å². The second kappa shape index (κ2) is 7.41. The van der Waals surface area contributed by atoms with Gasteiger partial charge < -0.3 is 14.6 Å². The number of nitrogens with zero attached hydrogens (tertiary/aromatic N) is 2. The summed E-state index contributed by atoms with van der Waals surface area (Å²) in [5, 5.41) is 6.80. The van der Waals surface area contributed by atoms with Gasteiger partial charge in [0, 0.05) is 30.6 Å². The fraction of sp³-hybridized carbons (Fsp3) is 0.167. The van der Waals surface area contributed by atoms with Crippen molar-refractivity contribution in [3.8, 4) is 17.1 Å². The summed E-state index contributed by atoms with van der Waals surface area (Å²) in [5.74, 6) is 1.23. The Labute approximate surface area is 139 Å². The molecule has 0 saturated carbocycles. The number of nitrogens with one attached hydrogen (secondary N) is 1. The van der Waals surface area contributed by atoms with Crippen molar-refractivity contribution in [3.63, 3.8) is 0 Å². The molecule has 1 aromatic carbocycles. The highest BCUT2D eigenvalue weighted by molar-refractivity contribution is 5.78. The van der Waals surface area contributed by atoms with Crippen LogP contribution in [-0.4, -0.2) is 23.2 Å². The zero-order valence-electron chi connectivity index (χ0n) is 13.2. The minimum absolute atomic E-state index is 0.114. The third-order valence-electron chi connectivity index (χ3n) is 3.49. The quantitative estimate of drug-likeness (QED) is 0.754. The predicted molar refractivity (Wildman–Crippen MR) is 88.3 cm³/mol. The molecule has 0 aliphatic heterocycles. The van der Waals surface area contributed by atoms with Gasteiger partial charge in [0.25, 0.3) is 0 Å². The fourth-order valence-electron chi connectivity index (χ4n) is 2.24. The number of pyridine rings is 1. The van der Waals surface area contributed by atoms with Crippen molar-refractivity contribution in [2.45, 2.75) is 13.0 Å². The van der Waals surface area contributed by atoms with Gasteiger partial charge in [-0.05, 0) is 29.8 Å². The number of benzene rings is 1. The molecule has 3 rings (SSSR count). The Morgan fingerprint density at radius 2 is 2.04 bits per heavy atom. The Morgan fingerprint density at radius 3 is 2.83 bits per heavy atom. The fourth-order valence-corrected chi connectivity index (χ4v) is 2.24.